The Bertz CT molecular complexity index is 2720. The summed E-state index contributed by atoms with van der Waals surface area (Å²) < 4.78 is 0. The van der Waals surface area contributed by atoms with Crippen LogP contribution in [0.5, 0.6) is 0 Å². The quantitative estimate of drug-likeness (QED) is 0.154. The molecule has 0 atom stereocenters. The van der Waals surface area contributed by atoms with E-state index in [2.05, 4.69) is 6.07 Å². The first-order valence-electron chi connectivity index (χ1n) is 18.2. The zero-order valence-electron chi connectivity index (χ0n) is 30.0. The van der Waals surface area contributed by atoms with E-state index in [1.807, 2.05) is 188 Å². The number of nitrogens with zero attached hydrogens (tertiary/aromatic N) is 7. The lowest BCUT2D eigenvalue weighted by Gasteiger charge is -2.13. The van der Waals surface area contributed by atoms with E-state index < -0.39 is 0 Å². The Morgan fingerprint density at radius 1 is 0.268 bits per heavy atom. The Labute approximate surface area is 324 Å². The van der Waals surface area contributed by atoms with E-state index in [1.165, 1.54) is 0 Å². The van der Waals surface area contributed by atoms with Crippen LogP contribution in [0.25, 0.3) is 90.6 Å². The molecule has 56 heavy (non-hydrogen) atoms. The summed E-state index contributed by atoms with van der Waals surface area (Å²) in [6.45, 7) is 0. The fraction of sp³-hybridized carbons (Fsp3) is 0. The number of nitriles is 1. The molecule has 9 aromatic rings. The van der Waals surface area contributed by atoms with Gasteiger partial charge in [-0.2, -0.15) is 5.26 Å². The Balaban J connectivity index is 1.08. The van der Waals surface area contributed by atoms with Crippen LogP contribution < -0.4 is 0 Å². The molecule has 0 radical (unpaired) electrons. The highest BCUT2D eigenvalue weighted by atomic mass is 15.0. The van der Waals surface area contributed by atoms with E-state index in [0.717, 1.165) is 55.6 Å². The van der Waals surface area contributed by atoms with E-state index in [-0.39, 0.29) is 0 Å². The van der Waals surface area contributed by atoms with E-state index in [4.69, 9.17) is 29.9 Å². The highest BCUT2D eigenvalue weighted by Crippen LogP contribution is 2.35. The van der Waals surface area contributed by atoms with Gasteiger partial charge in [0.25, 0.3) is 0 Å². The average molecular weight is 718 g/mol. The molecule has 0 amide bonds. The summed E-state index contributed by atoms with van der Waals surface area (Å²) in [5, 5.41) is 10.6. The number of hydrogen-bond acceptors (Lipinski definition) is 7. The van der Waals surface area contributed by atoms with Crippen molar-refractivity contribution in [2.24, 2.45) is 0 Å². The van der Waals surface area contributed by atoms with E-state index >= 15 is 0 Å². The number of rotatable bonds is 8. The van der Waals surface area contributed by atoms with Crippen molar-refractivity contribution in [1.82, 2.24) is 29.9 Å². The summed E-state index contributed by atoms with van der Waals surface area (Å²) in [6, 6.07) is 64.2. The Hall–Kier alpha value is -7.95. The van der Waals surface area contributed by atoms with Crippen molar-refractivity contribution < 1.29 is 0 Å². The van der Waals surface area contributed by atoms with Crippen LogP contribution in [0.1, 0.15) is 5.56 Å². The molecule has 0 unspecified atom stereocenters. The highest BCUT2D eigenvalue weighted by molar-refractivity contribution is 5.84. The molecule has 2 heterocycles. The van der Waals surface area contributed by atoms with Crippen molar-refractivity contribution in [3.05, 3.63) is 194 Å². The average Bonchev–Trinajstić information content (AvgIpc) is 3.29. The molecular weight excluding hydrogens is 687 g/mol. The monoisotopic (exact) mass is 717 g/mol. The predicted octanol–water partition coefficient (Wildman–Crippen LogP) is 11.3. The van der Waals surface area contributed by atoms with Gasteiger partial charge in [0.05, 0.1) is 5.56 Å². The minimum absolute atomic E-state index is 0.550. The third-order valence-corrected chi connectivity index (χ3v) is 9.46. The van der Waals surface area contributed by atoms with Gasteiger partial charge in [-0.25, -0.2) is 29.9 Å². The van der Waals surface area contributed by atoms with Gasteiger partial charge in [0.15, 0.2) is 34.9 Å². The van der Waals surface area contributed by atoms with Gasteiger partial charge in [-0.1, -0.05) is 182 Å². The van der Waals surface area contributed by atoms with Gasteiger partial charge in [0.2, 0.25) is 0 Å². The normalized spacial score (nSPS) is 10.8. The Morgan fingerprint density at radius 3 is 0.946 bits per heavy atom. The minimum Gasteiger partial charge on any atom is -0.208 e. The predicted molar refractivity (Wildman–Crippen MR) is 221 cm³/mol. The van der Waals surface area contributed by atoms with Gasteiger partial charge < -0.3 is 0 Å². The van der Waals surface area contributed by atoms with E-state index in [1.54, 1.807) is 0 Å². The van der Waals surface area contributed by atoms with Gasteiger partial charge >= 0.3 is 0 Å². The summed E-state index contributed by atoms with van der Waals surface area (Å²) in [4.78, 5) is 29.3. The van der Waals surface area contributed by atoms with Crippen molar-refractivity contribution in [3.8, 4) is 96.7 Å². The van der Waals surface area contributed by atoms with Gasteiger partial charge in [0, 0.05) is 44.5 Å². The summed E-state index contributed by atoms with van der Waals surface area (Å²) >= 11 is 0. The molecule has 0 aliphatic carbocycles. The first kappa shape index (κ1) is 33.9. The maximum Gasteiger partial charge on any atom is 0.164 e. The summed E-state index contributed by atoms with van der Waals surface area (Å²) in [5.74, 6) is 3.50. The summed E-state index contributed by atoms with van der Waals surface area (Å²) in [7, 11) is 0. The van der Waals surface area contributed by atoms with Gasteiger partial charge in [-0.3, -0.25) is 0 Å². The second-order valence-corrected chi connectivity index (χ2v) is 13.1. The first-order chi connectivity index (χ1) is 27.7. The Kier molecular flexibility index (Phi) is 9.18. The number of benzene rings is 7. The second-order valence-electron chi connectivity index (χ2n) is 13.1. The maximum absolute atomic E-state index is 10.6. The SMILES string of the molecule is N#Cc1c(-c2ccc(-c3nc(-c4ccccc4)nc(-c4ccccc4)n3)cc2)cccc1-c1cccc(-c2nc(-c3ccccc3)nc(-c3ccccc3)n2)c1. The van der Waals surface area contributed by atoms with Crippen LogP contribution in [0, 0.1) is 11.3 Å². The highest BCUT2D eigenvalue weighted by Gasteiger charge is 2.17. The van der Waals surface area contributed by atoms with Crippen LogP contribution in [-0.2, 0) is 0 Å². The third kappa shape index (κ3) is 6.94. The third-order valence-electron chi connectivity index (χ3n) is 9.46. The maximum atomic E-state index is 10.6. The standard InChI is InChI=1S/C49H31N7/c50-32-43-41(33-27-29-38(30-28-33)48-53-44(34-15-5-1-6-16-34)51-45(54-48)35-17-7-2-8-18-35)25-14-26-42(43)39-23-13-24-40(31-39)49-55-46(36-19-9-3-10-20-36)52-47(56-49)37-21-11-4-12-22-37/h1-31H. The fourth-order valence-electron chi connectivity index (χ4n) is 6.65. The topological polar surface area (TPSA) is 101 Å². The van der Waals surface area contributed by atoms with Crippen LogP contribution in [0.15, 0.2) is 188 Å². The van der Waals surface area contributed by atoms with Crippen molar-refractivity contribution >= 4 is 0 Å². The molecule has 0 saturated carbocycles. The molecule has 0 saturated heterocycles. The fourth-order valence-corrected chi connectivity index (χ4v) is 6.65. The lowest BCUT2D eigenvalue weighted by atomic mass is 9.91. The smallest absolute Gasteiger partial charge is 0.164 e. The molecule has 0 fully saturated rings. The molecule has 0 N–H and O–H groups in total. The molecule has 7 heteroatoms. The molecule has 9 rings (SSSR count). The summed E-state index contributed by atoms with van der Waals surface area (Å²) in [6.07, 6.45) is 0. The largest absolute Gasteiger partial charge is 0.208 e. The summed E-state index contributed by atoms with van der Waals surface area (Å²) in [5.41, 5.74) is 9.28. The van der Waals surface area contributed by atoms with Gasteiger partial charge in [-0.05, 0) is 17.2 Å². The van der Waals surface area contributed by atoms with Gasteiger partial charge in [-0.15, -0.1) is 0 Å². The lowest BCUT2D eigenvalue weighted by Crippen LogP contribution is -2.00. The molecule has 7 nitrogen and oxygen atoms in total. The van der Waals surface area contributed by atoms with Crippen LogP contribution in [0.4, 0.5) is 0 Å². The first-order valence-corrected chi connectivity index (χ1v) is 18.2. The molecule has 0 aliphatic rings. The van der Waals surface area contributed by atoms with Gasteiger partial charge in [0.1, 0.15) is 6.07 Å². The van der Waals surface area contributed by atoms with Crippen molar-refractivity contribution in [2.45, 2.75) is 0 Å². The van der Waals surface area contributed by atoms with Crippen LogP contribution in [0.2, 0.25) is 0 Å². The number of aromatic nitrogens is 6. The minimum atomic E-state index is 0.550. The number of hydrogen-bond donors (Lipinski definition) is 0. The molecular formula is C49H31N7. The van der Waals surface area contributed by atoms with Crippen LogP contribution >= 0.6 is 0 Å². The van der Waals surface area contributed by atoms with Crippen molar-refractivity contribution in [1.29, 1.82) is 5.26 Å². The van der Waals surface area contributed by atoms with Crippen molar-refractivity contribution in [3.63, 3.8) is 0 Å². The molecule has 0 aliphatic heterocycles. The zero-order chi connectivity index (χ0) is 37.7. The zero-order valence-corrected chi connectivity index (χ0v) is 30.0. The molecule has 262 valence electrons. The molecule has 7 aromatic carbocycles. The van der Waals surface area contributed by atoms with Crippen molar-refractivity contribution in [2.75, 3.05) is 0 Å². The second kappa shape index (κ2) is 15.2. The Morgan fingerprint density at radius 2 is 0.554 bits per heavy atom. The van der Waals surface area contributed by atoms with Crippen LogP contribution in [-0.4, -0.2) is 29.9 Å². The van der Waals surface area contributed by atoms with E-state index in [9.17, 15) is 5.26 Å². The lowest BCUT2D eigenvalue weighted by molar-refractivity contribution is 1.07. The molecule has 0 spiro atoms. The van der Waals surface area contributed by atoms with E-state index in [0.29, 0.717) is 40.5 Å². The molecule has 2 aromatic heterocycles. The molecule has 0 bridgehead atoms. The van der Waals surface area contributed by atoms with Crippen LogP contribution in [0.3, 0.4) is 0 Å².